The predicted molar refractivity (Wildman–Crippen MR) is 88.1 cm³/mol. The van der Waals surface area contributed by atoms with Gasteiger partial charge in [0.2, 0.25) is 0 Å². The maximum Gasteiger partial charge on any atom is 0.305 e. The highest BCUT2D eigenvalue weighted by Gasteiger charge is 2.29. The lowest BCUT2D eigenvalue weighted by atomic mass is 9.94. The van der Waals surface area contributed by atoms with E-state index in [0.717, 1.165) is 16.6 Å². The standard InChI is InChI=1S/C18H20N2O3/c1-3-23-16(21)10-11-18(2,22)17-15-9-6-12-20(15)14-8-5-4-7-13(14)19-17/h4-9,12,22H,3,10-11H2,1-2H3. The van der Waals surface area contributed by atoms with Crippen LogP contribution in [0, 0.1) is 0 Å². The Labute approximate surface area is 134 Å². The molecular weight excluding hydrogens is 292 g/mol. The van der Waals surface area contributed by atoms with E-state index >= 15 is 0 Å². The van der Waals surface area contributed by atoms with Crippen LogP contribution in [0.4, 0.5) is 0 Å². The van der Waals surface area contributed by atoms with Gasteiger partial charge < -0.3 is 14.2 Å². The third-order valence-corrected chi connectivity index (χ3v) is 4.00. The molecule has 0 saturated carbocycles. The Morgan fingerprint density at radius 1 is 1.26 bits per heavy atom. The molecule has 0 fully saturated rings. The van der Waals surface area contributed by atoms with Gasteiger partial charge >= 0.3 is 5.97 Å². The summed E-state index contributed by atoms with van der Waals surface area (Å²) in [6, 6.07) is 11.6. The molecule has 1 atom stereocenters. The highest BCUT2D eigenvalue weighted by atomic mass is 16.5. The molecule has 0 amide bonds. The summed E-state index contributed by atoms with van der Waals surface area (Å²) in [4.78, 5) is 16.2. The molecule has 1 aromatic carbocycles. The average Bonchev–Trinajstić information content (AvgIpc) is 3.02. The molecule has 120 valence electrons. The monoisotopic (exact) mass is 312 g/mol. The van der Waals surface area contributed by atoms with Gasteiger partial charge in [-0.2, -0.15) is 0 Å². The van der Waals surface area contributed by atoms with Crippen LogP contribution in [0.25, 0.3) is 16.6 Å². The number of nitrogens with zero attached hydrogens (tertiary/aromatic N) is 2. The number of fused-ring (bicyclic) bond motifs is 3. The number of hydrogen-bond donors (Lipinski definition) is 1. The minimum Gasteiger partial charge on any atom is -0.466 e. The average molecular weight is 312 g/mol. The molecule has 0 bridgehead atoms. The van der Waals surface area contributed by atoms with Gasteiger partial charge in [0.05, 0.1) is 28.9 Å². The van der Waals surface area contributed by atoms with Gasteiger partial charge in [-0.15, -0.1) is 0 Å². The number of para-hydroxylation sites is 2. The van der Waals surface area contributed by atoms with E-state index in [1.807, 2.05) is 47.0 Å². The van der Waals surface area contributed by atoms with Gasteiger partial charge in [0.15, 0.2) is 0 Å². The second-order valence-electron chi connectivity index (χ2n) is 5.79. The predicted octanol–water partition coefficient (Wildman–Crippen LogP) is 3.04. The fourth-order valence-electron chi connectivity index (χ4n) is 2.82. The van der Waals surface area contributed by atoms with Crippen molar-refractivity contribution >= 4 is 22.5 Å². The highest BCUT2D eigenvalue weighted by molar-refractivity contribution is 5.80. The molecule has 3 rings (SSSR count). The van der Waals surface area contributed by atoms with E-state index in [9.17, 15) is 9.90 Å². The number of aliphatic hydroxyl groups is 1. The number of benzene rings is 1. The van der Waals surface area contributed by atoms with Crippen LogP contribution in [0.1, 0.15) is 32.4 Å². The summed E-state index contributed by atoms with van der Waals surface area (Å²) in [5.41, 5.74) is 2.00. The van der Waals surface area contributed by atoms with Gasteiger partial charge in [-0.25, -0.2) is 4.98 Å². The number of aromatic nitrogens is 2. The second kappa shape index (κ2) is 6.01. The van der Waals surface area contributed by atoms with Gasteiger partial charge in [-0.05, 0) is 44.5 Å². The fraction of sp³-hybridized carbons (Fsp3) is 0.333. The van der Waals surface area contributed by atoms with Gasteiger partial charge in [0, 0.05) is 12.6 Å². The van der Waals surface area contributed by atoms with Gasteiger partial charge in [0.25, 0.3) is 0 Å². The molecule has 0 aliphatic carbocycles. The van der Waals surface area contributed by atoms with E-state index in [-0.39, 0.29) is 18.8 Å². The van der Waals surface area contributed by atoms with E-state index in [4.69, 9.17) is 4.74 Å². The number of ether oxygens (including phenoxy) is 1. The van der Waals surface area contributed by atoms with Crippen molar-refractivity contribution in [3.05, 3.63) is 48.3 Å². The molecule has 2 aromatic heterocycles. The number of carbonyl (C=O) groups excluding carboxylic acids is 1. The van der Waals surface area contributed by atoms with Crippen molar-refractivity contribution in [1.29, 1.82) is 0 Å². The maximum absolute atomic E-state index is 11.6. The van der Waals surface area contributed by atoms with Crippen LogP contribution >= 0.6 is 0 Å². The molecule has 2 heterocycles. The summed E-state index contributed by atoms with van der Waals surface area (Å²) in [6.07, 6.45) is 2.37. The lowest BCUT2D eigenvalue weighted by Crippen LogP contribution is -2.25. The van der Waals surface area contributed by atoms with Crippen molar-refractivity contribution in [2.45, 2.75) is 32.3 Å². The molecule has 1 N–H and O–H groups in total. The minimum atomic E-state index is -1.21. The Morgan fingerprint density at radius 3 is 2.78 bits per heavy atom. The Kier molecular flexibility index (Phi) is 4.05. The first-order valence-electron chi connectivity index (χ1n) is 7.77. The molecule has 3 aromatic rings. The molecule has 0 aliphatic rings. The normalized spacial score (nSPS) is 14.0. The van der Waals surface area contributed by atoms with Crippen molar-refractivity contribution < 1.29 is 14.6 Å². The topological polar surface area (TPSA) is 63.8 Å². The van der Waals surface area contributed by atoms with Crippen molar-refractivity contribution in [1.82, 2.24) is 9.38 Å². The number of rotatable bonds is 5. The van der Waals surface area contributed by atoms with Crippen LogP contribution in [-0.4, -0.2) is 27.1 Å². The Morgan fingerprint density at radius 2 is 2.00 bits per heavy atom. The van der Waals surface area contributed by atoms with Crippen molar-refractivity contribution in [2.24, 2.45) is 0 Å². The summed E-state index contributed by atoms with van der Waals surface area (Å²) in [7, 11) is 0. The summed E-state index contributed by atoms with van der Waals surface area (Å²) in [5.74, 6) is -0.306. The zero-order chi connectivity index (χ0) is 16.4. The van der Waals surface area contributed by atoms with Crippen molar-refractivity contribution in [3.63, 3.8) is 0 Å². The lowest BCUT2D eigenvalue weighted by Gasteiger charge is -2.24. The van der Waals surface area contributed by atoms with E-state index in [1.165, 1.54) is 0 Å². The Bertz CT molecular complexity index is 852. The second-order valence-corrected chi connectivity index (χ2v) is 5.79. The van der Waals surface area contributed by atoms with Crippen LogP contribution in [0.3, 0.4) is 0 Å². The third kappa shape index (κ3) is 2.92. The summed E-state index contributed by atoms with van der Waals surface area (Å²) >= 11 is 0. The molecule has 5 heteroatoms. The third-order valence-electron chi connectivity index (χ3n) is 4.00. The first-order valence-corrected chi connectivity index (χ1v) is 7.77. The molecule has 1 unspecified atom stereocenters. The summed E-state index contributed by atoms with van der Waals surface area (Å²) in [6.45, 7) is 3.81. The molecule has 0 spiro atoms. The van der Waals surface area contributed by atoms with E-state index < -0.39 is 5.60 Å². The van der Waals surface area contributed by atoms with Crippen LogP contribution in [0.2, 0.25) is 0 Å². The van der Waals surface area contributed by atoms with Crippen LogP contribution < -0.4 is 0 Å². The summed E-state index contributed by atoms with van der Waals surface area (Å²) in [5, 5.41) is 10.9. The van der Waals surface area contributed by atoms with Crippen LogP contribution in [-0.2, 0) is 15.1 Å². The smallest absolute Gasteiger partial charge is 0.305 e. The lowest BCUT2D eigenvalue weighted by molar-refractivity contribution is -0.144. The zero-order valence-corrected chi connectivity index (χ0v) is 13.3. The minimum absolute atomic E-state index is 0.155. The number of hydrogen-bond acceptors (Lipinski definition) is 4. The first kappa shape index (κ1) is 15.5. The summed E-state index contributed by atoms with van der Waals surface area (Å²) < 4.78 is 6.95. The largest absolute Gasteiger partial charge is 0.466 e. The molecule has 23 heavy (non-hydrogen) atoms. The fourth-order valence-corrected chi connectivity index (χ4v) is 2.82. The Balaban J connectivity index is 2.03. The van der Waals surface area contributed by atoms with Crippen LogP contribution in [0.15, 0.2) is 42.6 Å². The molecule has 0 radical (unpaired) electrons. The van der Waals surface area contributed by atoms with Crippen molar-refractivity contribution in [2.75, 3.05) is 6.61 Å². The van der Waals surface area contributed by atoms with E-state index in [2.05, 4.69) is 4.98 Å². The Hall–Kier alpha value is -2.40. The molecule has 5 nitrogen and oxygen atoms in total. The van der Waals surface area contributed by atoms with Gasteiger partial charge in [-0.1, -0.05) is 12.1 Å². The molecule has 0 saturated heterocycles. The quantitative estimate of drug-likeness (QED) is 0.736. The van der Waals surface area contributed by atoms with Crippen LogP contribution in [0.5, 0.6) is 0 Å². The maximum atomic E-state index is 11.6. The number of esters is 1. The highest BCUT2D eigenvalue weighted by Crippen LogP contribution is 2.30. The number of carbonyl (C=O) groups is 1. The molecule has 0 aliphatic heterocycles. The first-order chi connectivity index (χ1) is 11.0. The molecular formula is C18H20N2O3. The van der Waals surface area contributed by atoms with Gasteiger partial charge in [-0.3, -0.25) is 4.79 Å². The van der Waals surface area contributed by atoms with Crippen molar-refractivity contribution in [3.8, 4) is 0 Å². The van der Waals surface area contributed by atoms with E-state index in [0.29, 0.717) is 12.3 Å². The van der Waals surface area contributed by atoms with Gasteiger partial charge in [0.1, 0.15) is 5.60 Å². The van der Waals surface area contributed by atoms with E-state index in [1.54, 1.807) is 13.8 Å². The SMILES string of the molecule is CCOC(=O)CCC(C)(O)c1nc2ccccc2n2cccc12. The zero-order valence-electron chi connectivity index (χ0n) is 13.3.